The Morgan fingerprint density at radius 2 is 1.18 bits per heavy atom. The number of fused-ring (bicyclic) bond motifs is 3. The van der Waals surface area contributed by atoms with Gasteiger partial charge in [-0.1, -0.05) is 54.1 Å². The molecule has 0 unspecified atom stereocenters. The van der Waals surface area contributed by atoms with Crippen LogP contribution < -0.4 is 0 Å². The highest BCUT2D eigenvalue weighted by molar-refractivity contribution is 5.76. The molecule has 86 valence electrons. The minimum Gasteiger partial charge on any atom is -0.100 e. The highest BCUT2D eigenvalue weighted by atomic mass is 14.2. The topological polar surface area (TPSA) is 0 Å². The molecular formula is C17H18. The Morgan fingerprint density at radius 1 is 0.824 bits per heavy atom. The van der Waals surface area contributed by atoms with E-state index in [-0.39, 0.29) is 0 Å². The van der Waals surface area contributed by atoms with Crippen molar-refractivity contribution in [3.8, 4) is 11.1 Å². The summed E-state index contributed by atoms with van der Waals surface area (Å²) < 4.78 is 0. The summed E-state index contributed by atoms with van der Waals surface area (Å²) in [5, 5.41) is 0. The normalized spacial score (nSPS) is 10.9. The molecule has 0 fully saturated rings. The zero-order valence-corrected chi connectivity index (χ0v) is 10.5. The number of hydrogen-bond donors (Lipinski definition) is 0. The van der Waals surface area contributed by atoms with E-state index < -0.39 is 0 Å². The Labute approximate surface area is 104 Å². The monoisotopic (exact) mass is 222 g/mol. The quantitative estimate of drug-likeness (QED) is 0.477. The molecule has 2 aromatic rings. The minimum atomic E-state index is 1.10. The Kier molecular flexibility index (Phi) is 3.43. The molecule has 17 heavy (non-hydrogen) atoms. The minimum absolute atomic E-state index is 1.10. The molecule has 0 radical (unpaired) electrons. The van der Waals surface area contributed by atoms with Gasteiger partial charge in [-0.05, 0) is 42.5 Å². The smallest absolute Gasteiger partial charge is 0.00135 e. The predicted molar refractivity (Wildman–Crippen MR) is 75.2 cm³/mol. The first-order valence-corrected chi connectivity index (χ1v) is 5.97. The molecule has 2 aromatic carbocycles. The Balaban J connectivity index is 0.000000239. The average Bonchev–Trinajstić information content (AvgIpc) is 2.66. The van der Waals surface area contributed by atoms with Gasteiger partial charge in [0, 0.05) is 0 Å². The van der Waals surface area contributed by atoms with Gasteiger partial charge in [-0.15, -0.1) is 6.58 Å². The van der Waals surface area contributed by atoms with E-state index in [2.05, 4.69) is 55.1 Å². The average molecular weight is 222 g/mol. The number of benzene rings is 2. The maximum atomic E-state index is 3.56. The van der Waals surface area contributed by atoms with Gasteiger partial charge in [0.2, 0.25) is 0 Å². The van der Waals surface area contributed by atoms with E-state index in [4.69, 9.17) is 0 Å². The molecule has 0 nitrogen and oxygen atoms in total. The van der Waals surface area contributed by atoms with E-state index in [1.807, 2.05) is 13.8 Å². The summed E-state index contributed by atoms with van der Waals surface area (Å²) in [6, 6.07) is 17.3. The second kappa shape index (κ2) is 5.01. The molecule has 0 N–H and O–H groups in total. The molecule has 3 rings (SSSR count). The van der Waals surface area contributed by atoms with Crippen LogP contribution in [-0.4, -0.2) is 0 Å². The van der Waals surface area contributed by atoms with E-state index in [9.17, 15) is 0 Å². The molecule has 0 atom stereocenters. The summed E-state index contributed by atoms with van der Waals surface area (Å²) in [5.74, 6) is 0. The van der Waals surface area contributed by atoms with Gasteiger partial charge in [0.05, 0.1) is 0 Å². The fourth-order valence-electron chi connectivity index (χ4n) is 2.08. The maximum absolute atomic E-state index is 3.56. The number of hydrogen-bond acceptors (Lipinski definition) is 0. The maximum Gasteiger partial charge on any atom is -0.00135 e. The van der Waals surface area contributed by atoms with Crippen molar-refractivity contribution in [2.75, 3.05) is 0 Å². The van der Waals surface area contributed by atoms with Crippen molar-refractivity contribution in [2.24, 2.45) is 0 Å². The zero-order valence-electron chi connectivity index (χ0n) is 10.5. The molecule has 0 spiro atoms. The first-order valence-electron chi connectivity index (χ1n) is 5.97. The van der Waals surface area contributed by atoms with Crippen molar-refractivity contribution in [1.82, 2.24) is 0 Å². The predicted octanol–water partition coefficient (Wildman–Crippen LogP) is 4.84. The standard InChI is InChI=1S/C13H10.C4H8/c1-3-7-12-10(5-1)9-11-6-2-4-8-13(11)12;1-4(2)3/h1-8H,9H2;1H2,2-3H3. The van der Waals surface area contributed by atoms with Crippen LogP contribution in [0.4, 0.5) is 0 Å². The van der Waals surface area contributed by atoms with Crippen LogP contribution in [0.5, 0.6) is 0 Å². The molecule has 0 saturated heterocycles. The van der Waals surface area contributed by atoms with Crippen molar-refractivity contribution < 1.29 is 0 Å². The second-order valence-corrected chi connectivity index (χ2v) is 4.70. The van der Waals surface area contributed by atoms with E-state index in [1.165, 1.54) is 27.8 Å². The van der Waals surface area contributed by atoms with Gasteiger partial charge in [0.25, 0.3) is 0 Å². The second-order valence-electron chi connectivity index (χ2n) is 4.70. The van der Waals surface area contributed by atoms with Crippen LogP contribution in [-0.2, 0) is 6.42 Å². The van der Waals surface area contributed by atoms with E-state index in [1.54, 1.807) is 0 Å². The zero-order chi connectivity index (χ0) is 12.3. The van der Waals surface area contributed by atoms with Gasteiger partial charge < -0.3 is 0 Å². The first kappa shape index (κ1) is 11.7. The molecular weight excluding hydrogens is 204 g/mol. The van der Waals surface area contributed by atoms with Gasteiger partial charge in [0.15, 0.2) is 0 Å². The first-order chi connectivity index (χ1) is 8.18. The molecule has 0 bridgehead atoms. The van der Waals surface area contributed by atoms with Crippen molar-refractivity contribution in [2.45, 2.75) is 20.3 Å². The van der Waals surface area contributed by atoms with E-state index >= 15 is 0 Å². The van der Waals surface area contributed by atoms with Gasteiger partial charge in [0.1, 0.15) is 0 Å². The number of rotatable bonds is 0. The van der Waals surface area contributed by atoms with Gasteiger partial charge >= 0.3 is 0 Å². The SMILES string of the molecule is C=C(C)C.c1ccc2c(c1)Cc1ccccc1-2. The largest absolute Gasteiger partial charge is 0.100 e. The van der Waals surface area contributed by atoms with Crippen LogP contribution in [0.15, 0.2) is 60.7 Å². The molecule has 0 saturated carbocycles. The lowest BCUT2D eigenvalue weighted by molar-refractivity contribution is 1.26. The lowest BCUT2D eigenvalue weighted by atomic mass is 10.1. The van der Waals surface area contributed by atoms with E-state index in [0.29, 0.717) is 0 Å². The van der Waals surface area contributed by atoms with Crippen LogP contribution in [0, 0.1) is 0 Å². The molecule has 0 aromatic heterocycles. The summed E-state index contributed by atoms with van der Waals surface area (Å²) in [6.07, 6.45) is 1.10. The molecule has 0 heteroatoms. The third-order valence-corrected chi connectivity index (χ3v) is 2.71. The van der Waals surface area contributed by atoms with Crippen LogP contribution in [0.25, 0.3) is 11.1 Å². The van der Waals surface area contributed by atoms with Crippen LogP contribution in [0.1, 0.15) is 25.0 Å². The third kappa shape index (κ3) is 2.65. The third-order valence-electron chi connectivity index (χ3n) is 2.71. The highest BCUT2D eigenvalue weighted by Gasteiger charge is 2.15. The molecule has 1 aliphatic rings. The lowest BCUT2D eigenvalue weighted by Gasteiger charge is -1.98. The van der Waals surface area contributed by atoms with Crippen molar-refractivity contribution >= 4 is 0 Å². The summed E-state index contributed by atoms with van der Waals surface area (Å²) in [7, 11) is 0. The molecule has 1 aliphatic carbocycles. The summed E-state index contributed by atoms with van der Waals surface area (Å²) in [5.41, 5.74) is 6.92. The Morgan fingerprint density at radius 3 is 1.59 bits per heavy atom. The van der Waals surface area contributed by atoms with Gasteiger partial charge in [-0.3, -0.25) is 0 Å². The highest BCUT2D eigenvalue weighted by Crippen LogP contribution is 2.35. The lowest BCUT2D eigenvalue weighted by Crippen LogP contribution is -1.77. The fraction of sp³-hybridized carbons (Fsp3) is 0.176. The van der Waals surface area contributed by atoms with Crippen molar-refractivity contribution in [3.05, 3.63) is 71.8 Å². The summed E-state index contributed by atoms with van der Waals surface area (Å²) in [6.45, 7) is 7.50. The van der Waals surface area contributed by atoms with Crippen LogP contribution in [0.2, 0.25) is 0 Å². The summed E-state index contributed by atoms with van der Waals surface area (Å²) in [4.78, 5) is 0. The molecule has 0 amide bonds. The van der Waals surface area contributed by atoms with Gasteiger partial charge in [-0.25, -0.2) is 0 Å². The Bertz CT molecular complexity index is 488. The fourth-order valence-corrected chi connectivity index (χ4v) is 2.08. The summed E-state index contributed by atoms with van der Waals surface area (Å²) >= 11 is 0. The Hall–Kier alpha value is -1.82. The molecule has 0 aliphatic heterocycles. The van der Waals surface area contributed by atoms with Crippen LogP contribution in [0.3, 0.4) is 0 Å². The molecule has 0 heterocycles. The van der Waals surface area contributed by atoms with Crippen molar-refractivity contribution in [3.63, 3.8) is 0 Å². The van der Waals surface area contributed by atoms with E-state index in [0.717, 1.165) is 6.42 Å². The van der Waals surface area contributed by atoms with Crippen LogP contribution >= 0.6 is 0 Å². The van der Waals surface area contributed by atoms with Gasteiger partial charge in [-0.2, -0.15) is 0 Å². The number of allylic oxidation sites excluding steroid dienone is 1. The van der Waals surface area contributed by atoms with Crippen molar-refractivity contribution in [1.29, 1.82) is 0 Å².